The Morgan fingerprint density at radius 3 is 2.70 bits per heavy atom. The van der Waals surface area contributed by atoms with E-state index in [1.807, 2.05) is 47.0 Å². The summed E-state index contributed by atoms with van der Waals surface area (Å²) < 4.78 is 1.93. The molecule has 0 spiro atoms. The second-order valence-electron chi connectivity index (χ2n) is 8.27. The van der Waals surface area contributed by atoms with Crippen LogP contribution < -0.4 is 10.9 Å². The van der Waals surface area contributed by atoms with Crippen molar-refractivity contribution < 1.29 is 4.79 Å². The van der Waals surface area contributed by atoms with Gasteiger partial charge in [0.15, 0.2) is 0 Å². The minimum Gasteiger partial charge on any atom is -0.325 e. The van der Waals surface area contributed by atoms with Gasteiger partial charge in [-0.05, 0) is 42.2 Å². The number of fused-ring (bicyclic) bond motifs is 4. The number of carbonyl (C=O) groups is 1. The Bertz CT molecular complexity index is 1110. The fraction of sp³-hybridized carbons (Fsp3) is 0.292. The zero-order valence-electron chi connectivity index (χ0n) is 16.7. The molecule has 0 unspecified atom stereocenters. The van der Waals surface area contributed by atoms with E-state index in [0.29, 0.717) is 12.5 Å². The molecule has 4 heterocycles. The van der Waals surface area contributed by atoms with E-state index in [0.717, 1.165) is 48.6 Å². The minimum absolute atomic E-state index is 0.00248. The predicted octanol–water partition coefficient (Wildman–Crippen LogP) is 2.97. The number of benzene rings is 1. The first-order valence-corrected chi connectivity index (χ1v) is 10.4. The van der Waals surface area contributed by atoms with Gasteiger partial charge in [-0.1, -0.05) is 24.3 Å². The number of pyridine rings is 2. The van der Waals surface area contributed by atoms with Crippen LogP contribution in [0.1, 0.15) is 18.0 Å². The molecule has 2 aliphatic rings. The fourth-order valence-corrected chi connectivity index (χ4v) is 4.81. The van der Waals surface area contributed by atoms with Crippen molar-refractivity contribution in [2.24, 2.45) is 5.92 Å². The van der Waals surface area contributed by atoms with Gasteiger partial charge in [0.2, 0.25) is 5.91 Å². The largest absolute Gasteiger partial charge is 0.325 e. The number of nitrogens with one attached hydrogen (secondary N) is 1. The van der Waals surface area contributed by atoms with Crippen molar-refractivity contribution in [2.75, 3.05) is 25.0 Å². The number of piperidine rings is 1. The van der Waals surface area contributed by atoms with Gasteiger partial charge in [-0.25, -0.2) is 0 Å². The van der Waals surface area contributed by atoms with E-state index < -0.39 is 0 Å². The van der Waals surface area contributed by atoms with E-state index in [9.17, 15) is 9.59 Å². The maximum Gasteiger partial charge on any atom is 0.251 e. The van der Waals surface area contributed by atoms with E-state index in [2.05, 4.69) is 21.3 Å². The number of aromatic nitrogens is 2. The van der Waals surface area contributed by atoms with Crippen molar-refractivity contribution >= 4 is 11.6 Å². The second-order valence-corrected chi connectivity index (χ2v) is 8.27. The minimum atomic E-state index is 0.00248. The summed E-state index contributed by atoms with van der Waals surface area (Å²) in [5.74, 6) is 0.650. The van der Waals surface area contributed by atoms with Crippen molar-refractivity contribution in [1.82, 2.24) is 14.5 Å². The molecule has 0 radical (unpaired) electrons. The number of nitrogens with zero attached hydrogens (tertiary/aromatic N) is 3. The third-order valence-electron chi connectivity index (χ3n) is 6.05. The van der Waals surface area contributed by atoms with Crippen molar-refractivity contribution in [3.63, 3.8) is 0 Å². The summed E-state index contributed by atoms with van der Waals surface area (Å²) in [6.07, 6.45) is 4.59. The lowest BCUT2D eigenvalue weighted by Crippen LogP contribution is -2.49. The van der Waals surface area contributed by atoms with Gasteiger partial charge in [0.25, 0.3) is 5.56 Å². The molecule has 30 heavy (non-hydrogen) atoms. The van der Waals surface area contributed by atoms with Crippen LogP contribution in [-0.4, -0.2) is 40.0 Å². The number of anilines is 1. The molecule has 1 aromatic carbocycles. The highest BCUT2D eigenvalue weighted by Crippen LogP contribution is 2.36. The van der Waals surface area contributed by atoms with Crippen LogP contribution in [0.4, 0.5) is 5.69 Å². The van der Waals surface area contributed by atoms with Crippen LogP contribution in [0.3, 0.4) is 0 Å². The first kappa shape index (κ1) is 18.8. The Morgan fingerprint density at radius 1 is 1.03 bits per heavy atom. The van der Waals surface area contributed by atoms with E-state index in [1.54, 1.807) is 18.5 Å². The molecule has 2 aromatic heterocycles. The zero-order chi connectivity index (χ0) is 20.5. The fourth-order valence-electron chi connectivity index (χ4n) is 4.81. The molecule has 3 aromatic rings. The van der Waals surface area contributed by atoms with Crippen LogP contribution in [0.2, 0.25) is 0 Å². The predicted molar refractivity (Wildman–Crippen MR) is 116 cm³/mol. The van der Waals surface area contributed by atoms with E-state index >= 15 is 0 Å². The summed E-state index contributed by atoms with van der Waals surface area (Å²) in [5, 5.41) is 2.97. The van der Waals surface area contributed by atoms with Crippen LogP contribution in [-0.2, 0) is 11.3 Å². The van der Waals surface area contributed by atoms with Gasteiger partial charge in [0, 0.05) is 61.0 Å². The molecule has 6 heteroatoms. The normalized spacial score (nSPS) is 20.4. The number of hydrogen-bond donors (Lipinski definition) is 1. The molecular weight excluding hydrogens is 376 g/mol. The number of amides is 1. The molecule has 2 bridgehead atoms. The number of carbonyl (C=O) groups excluding carboxylic acids is 1. The summed E-state index contributed by atoms with van der Waals surface area (Å²) in [7, 11) is 0. The number of hydrogen-bond acceptors (Lipinski definition) is 4. The zero-order valence-corrected chi connectivity index (χ0v) is 16.7. The van der Waals surface area contributed by atoms with Gasteiger partial charge in [-0.2, -0.15) is 0 Å². The number of likely N-dealkylation sites (tertiary alicyclic amines) is 1. The van der Waals surface area contributed by atoms with Crippen LogP contribution in [0.5, 0.6) is 0 Å². The van der Waals surface area contributed by atoms with Crippen LogP contribution >= 0.6 is 0 Å². The lowest BCUT2D eigenvalue weighted by molar-refractivity contribution is -0.117. The van der Waals surface area contributed by atoms with Crippen molar-refractivity contribution in [3.05, 3.63) is 83.0 Å². The van der Waals surface area contributed by atoms with Gasteiger partial charge in [-0.3, -0.25) is 19.5 Å². The molecule has 6 nitrogen and oxygen atoms in total. The molecule has 5 rings (SSSR count). The van der Waals surface area contributed by atoms with Crippen molar-refractivity contribution in [2.45, 2.75) is 18.9 Å². The van der Waals surface area contributed by atoms with Gasteiger partial charge >= 0.3 is 0 Å². The molecule has 152 valence electrons. The third-order valence-corrected chi connectivity index (χ3v) is 6.05. The van der Waals surface area contributed by atoms with Gasteiger partial charge in [-0.15, -0.1) is 0 Å². The highest BCUT2D eigenvalue weighted by molar-refractivity contribution is 5.92. The SMILES string of the molecule is O=C(CN1C[C@@H]2C[C@H](C1)c1cc(-c3cccnc3)cc(=O)n1C2)Nc1ccccc1. The Labute approximate surface area is 175 Å². The smallest absolute Gasteiger partial charge is 0.251 e. The quantitative estimate of drug-likeness (QED) is 0.731. The summed E-state index contributed by atoms with van der Waals surface area (Å²) >= 11 is 0. The Hall–Kier alpha value is -3.25. The Morgan fingerprint density at radius 2 is 1.90 bits per heavy atom. The first-order chi connectivity index (χ1) is 14.7. The van der Waals surface area contributed by atoms with Crippen molar-refractivity contribution in [3.8, 4) is 11.1 Å². The lowest BCUT2D eigenvalue weighted by atomic mass is 9.82. The van der Waals surface area contributed by atoms with Crippen LogP contribution in [0.25, 0.3) is 11.1 Å². The lowest BCUT2D eigenvalue weighted by Gasteiger charge is -2.42. The highest BCUT2D eigenvalue weighted by atomic mass is 16.2. The van der Waals surface area contributed by atoms with E-state index in [1.165, 1.54) is 0 Å². The van der Waals surface area contributed by atoms with Gasteiger partial charge in [0.05, 0.1) is 6.54 Å². The van der Waals surface area contributed by atoms with Gasteiger partial charge < -0.3 is 9.88 Å². The average Bonchev–Trinajstić information content (AvgIpc) is 2.75. The molecule has 2 aliphatic heterocycles. The monoisotopic (exact) mass is 400 g/mol. The van der Waals surface area contributed by atoms with Gasteiger partial charge in [0.1, 0.15) is 0 Å². The standard InChI is InChI=1S/C24H24N4O2/c29-23(26-21-6-2-1-3-7-21)16-27-13-17-9-20(15-27)22-10-19(11-24(30)28(22)14-17)18-5-4-8-25-12-18/h1-8,10-12,17,20H,9,13-16H2,(H,26,29)/t17-,20+/m0/s1. The summed E-state index contributed by atoms with van der Waals surface area (Å²) in [6, 6.07) is 17.3. The topological polar surface area (TPSA) is 67.2 Å². The molecule has 0 aliphatic carbocycles. The summed E-state index contributed by atoms with van der Waals surface area (Å²) in [4.78, 5) is 31.7. The molecule has 1 N–H and O–H groups in total. The second kappa shape index (κ2) is 7.88. The molecule has 0 saturated carbocycles. The highest BCUT2D eigenvalue weighted by Gasteiger charge is 2.35. The Balaban J connectivity index is 1.35. The summed E-state index contributed by atoms with van der Waals surface area (Å²) in [6.45, 7) is 2.72. The molecular formula is C24H24N4O2. The van der Waals surface area contributed by atoms with Crippen molar-refractivity contribution in [1.29, 1.82) is 0 Å². The van der Waals surface area contributed by atoms with E-state index in [4.69, 9.17) is 0 Å². The number of rotatable bonds is 4. The van der Waals surface area contributed by atoms with Crippen LogP contribution in [0.15, 0.2) is 71.8 Å². The molecule has 2 atom stereocenters. The maximum absolute atomic E-state index is 12.8. The average molecular weight is 400 g/mol. The first-order valence-electron chi connectivity index (χ1n) is 10.4. The van der Waals surface area contributed by atoms with E-state index in [-0.39, 0.29) is 17.4 Å². The number of para-hydroxylation sites is 1. The van der Waals surface area contributed by atoms with Crippen LogP contribution in [0, 0.1) is 5.92 Å². The third kappa shape index (κ3) is 3.78. The Kier molecular flexibility index (Phi) is 4.93. The molecule has 1 amide bonds. The summed E-state index contributed by atoms with van der Waals surface area (Å²) in [5.41, 5.74) is 3.81. The maximum atomic E-state index is 12.8. The molecule has 1 saturated heterocycles. The molecule has 1 fully saturated rings.